The van der Waals surface area contributed by atoms with Crippen molar-refractivity contribution in [1.29, 1.82) is 0 Å². The van der Waals surface area contributed by atoms with Crippen molar-refractivity contribution in [3.63, 3.8) is 0 Å². The molecular formula is C5H2Cl3NO2S. The average molecular weight is 247 g/mol. The van der Waals surface area contributed by atoms with Gasteiger partial charge in [-0.2, -0.15) is 0 Å². The first-order chi connectivity index (χ1) is 5.39. The molecule has 1 heterocycles. The lowest BCUT2D eigenvalue weighted by Crippen LogP contribution is -1.91. The second-order valence-electron chi connectivity index (χ2n) is 1.89. The number of aromatic nitrogens is 1. The van der Waals surface area contributed by atoms with Gasteiger partial charge in [0, 0.05) is 10.7 Å². The number of rotatable bonds is 1. The highest BCUT2D eigenvalue weighted by Gasteiger charge is 2.11. The second kappa shape index (κ2) is 3.38. The Hall–Kier alpha value is -0.0300. The Balaban J connectivity index is 3.37. The minimum Gasteiger partial charge on any atom is -0.224 e. The third-order valence-corrected chi connectivity index (χ3v) is 2.74. The van der Waals surface area contributed by atoms with Gasteiger partial charge in [0.2, 0.25) is 0 Å². The highest BCUT2D eigenvalue weighted by Crippen LogP contribution is 2.21. The van der Waals surface area contributed by atoms with E-state index in [0.717, 1.165) is 12.1 Å². The van der Waals surface area contributed by atoms with E-state index in [1.165, 1.54) is 0 Å². The molecule has 1 aromatic rings. The summed E-state index contributed by atoms with van der Waals surface area (Å²) in [5.41, 5.74) is 0. The zero-order valence-corrected chi connectivity index (χ0v) is 8.54. The summed E-state index contributed by atoms with van der Waals surface area (Å²) in [4.78, 5) is 3.40. The molecule has 0 saturated heterocycles. The molecule has 0 spiro atoms. The maximum atomic E-state index is 10.8. The molecule has 1 rings (SSSR count). The average Bonchev–Trinajstić information content (AvgIpc) is 1.82. The van der Waals surface area contributed by atoms with E-state index in [0.29, 0.717) is 0 Å². The summed E-state index contributed by atoms with van der Waals surface area (Å²) in [7, 11) is 1.25. The van der Waals surface area contributed by atoms with Crippen LogP contribution >= 0.6 is 33.9 Å². The SMILES string of the molecule is O=S(=O)(Cl)c1cc(Cl)nc(Cl)c1. The maximum Gasteiger partial charge on any atom is 0.261 e. The highest BCUT2D eigenvalue weighted by molar-refractivity contribution is 8.13. The van der Waals surface area contributed by atoms with E-state index < -0.39 is 9.05 Å². The molecule has 0 N–H and O–H groups in total. The minimum atomic E-state index is -3.78. The van der Waals surface area contributed by atoms with Crippen LogP contribution in [0.5, 0.6) is 0 Å². The van der Waals surface area contributed by atoms with Crippen LogP contribution in [0.1, 0.15) is 0 Å². The molecule has 0 amide bonds. The van der Waals surface area contributed by atoms with E-state index in [-0.39, 0.29) is 15.2 Å². The Kier molecular flexibility index (Phi) is 2.83. The fourth-order valence-electron chi connectivity index (χ4n) is 0.584. The second-order valence-corrected chi connectivity index (χ2v) is 5.23. The zero-order valence-electron chi connectivity index (χ0n) is 5.46. The largest absolute Gasteiger partial charge is 0.261 e. The molecule has 0 aliphatic heterocycles. The first-order valence-corrected chi connectivity index (χ1v) is 5.74. The quantitative estimate of drug-likeness (QED) is 0.564. The molecule has 0 atom stereocenters. The van der Waals surface area contributed by atoms with Crippen molar-refractivity contribution in [3.8, 4) is 0 Å². The fraction of sp³-hybridized carbons (Fsp3) is 0. The molecule has 0 unspecified atom stereocenters. The van der Waals surface area contributed by atoms with Gasteiger partial charge in [0.1, 0.15) is 10.3 Å². The van der Waals surface area contributed by atoms with Crippen LogP contribution in [0, 0.1) is 0 Å². The van der Waals surface area contributed by atoms with Crippen LogP contribution in [0.3, 0.4) is 0 Å². The van der Waals surface area contributed by atoms with E-state index in [9.17, 15) is 8.42 Å². The van der Waals surface area contributed by atoms with Crippen LogP contribution in [0.4, 0.5) is 0 Å². The number of hydrogen-bond acceptors (Lipinski definition) is 3. The van der Waals surface area contributed by atoms with Gasteiger partial charge in [-0.05, 0) is 12.1 Å². The van der Waals surface area contributed by atoms with Crippen LogP contribution in [-0.4, -0.2) is 13.4 Å². The van der Waals surface area contributed by atoms with Gasteiger partial charge in [-0.25, -0.2) is 13.4 Å². The predicted octanol–water partition coefficient (Wildman–Crippen LogP) is 2.32. The van der Waals surface area contributed by atoms with Crippen LogP contribution in [0.2, 0.25) is 10.3 Å². The van der Waals surface area contributed by atoms with Crippen molar-refractivity contribution in [2.75, 3.05) is 0 Å². The monoisotopic (exact) mass is 245 g/mol. The molecular weight excluding hydrogens is 244 g/mol. The van der Waals surface area contributed by atoms with Crippen LogP contribution in [0.25, 0.3) is 0 Å². The van der Waals surface area contributed by atoms with E-state index in [1.54, 1.807) is 0 Å². The summed E-state index contributed by atoms with van der Waals surface area (Å²) in [6.07, 6.45) is 0. The van der Waals surface area contributed by atoms with Gasteiger partial charge < -0.3 is 0 Å². The molecule has 0 radical (unpaired) electrons. The van der Waals surface area contributed by atoms with Crippen molar-refractivity contribution in [2.24, 2.45) is 0 Å². The van der Waals surface area contributed by atoms with Gasteiger partial charge in [0.05, 0.1) is 4.90 Å². The van der Waals surface area contributed by atoms with E-state index in [1.807, 2.05) is 0 Å². The van der Waals surface area contributed by atoms with Crippen molar-refractivity contribution >= 4 is 42.9 Å². The third-order valence-electron chi connectivity index (χ3n) is 1.02. The molecule has 0 bridgehead atoms. The van der Waals surface area contributed by atoms with Crippen molar-refractivity contribution in [2.45, 2.75) is 4.90 Å². The van der Waals surface area contributed by atoms with Crippen molar-refractivity contribution in [1.82, 2.24) is 4.98 Å². The van der Waals surface area contributed by atoms with Crippen LogP contribution in [0.15, 0.2) is 17.0 Å². The molecule has 3 nitrogen and oxygen atoms in total. The minimum absolute atomic E-state index is 0.0123. The number of pyridine rings is 1. The third kappa shape index (κ3) is 2.48. The lowest BCUT2D eigenvalue weighted by Gasteiger charge is -1.96. The fourth-order valence-corrected chi connectivity index (χ4v) is 1.95. The van der Waals surface area contributed by atoms with Gasteiger partial charge in [0.15, 0.2) is 0 Å². The predicted molar refractivity (Wildman–Crippen MR) is 47.3 cm³/mol. The van der Waals surface area contributed by atoms with Crippen LogP contribution < -0.4 is 0 Å². The lowest BCUT2D eigenvalue weighted by atomic mass is 10.5. The first-order valence-electron chi connectivity index (χ1n) is 2.67. The normalized spacial score (nSPS) is 11.6. The standard InChI is InChI=1S/C5H2Cl3NO2S/c6-4-1-3(12(8,10)11)2-5(7)9-4/h1-2H. The summed E-state index contributed by atoms with van der Waals surface area (Å²) in [6.45, 7) is 0. The van der Waals surface area contributed by atoms with Crippen LogP contribution in [-0.2, 0) is 9.05 Å². The number of nitrogens with zero attached hydrogens (tertiary/aromatic N) is 1. The summed E-state index contributed by atoms with van der Waals surface area (Å²) in [5.74, 6) is 0. The van der Waals surface area contributed by atoms with Gasteiger partial charge in [0.25, 0.3) is 9.05 Å². The maximum absolute atomic E-state index is 10.8. The molecule has 0 aliphatic rings. The Bertz CT molecular complexity index is 383. The molecule has 66 valence electrons. The Morgan fingerprint density at radius 2 is 1.58 bits per heavy atom. The lowest BCUT2D eigenvalue weighted by molar-refractivity contribution is 0.609. The number of halogens is 3. The molecule has 0 aromatic carbocycles. The van der Waals surface area contributed by atoms with Gasteiger partial charge in [-0.3, -0.25) is 0 Å². The van der Waals surface area contributed by atoms with Crippen molar-refractivity contribution < 1.29 is 8.42 Å². The van der Waals surface area contributed by atoms with Crippen molar-refractivity contribution in [3.05, 3.63) is 22.4 Å². The Morgan fingerprint density at radius 3 is 1.92 bits per heavy atom. The molecule has 0 saturated carbocycles. The summed E-state index contributed by atoms with van der Waals surface area (Å²) in [6, 6.07) is 2.24. The number of hydrogen-bond donors (Lipinski definition) is 0. The molecule has 0 aliphatic carbocycles. The summed E-state index contributed by atoms with van der Waals surface area (Å²) in [5, 5.41) is -0.0246. The summed E-state index contributed by atoms with van der Waals surface area (Å²) < 4.78 is 21.5. The van der Waals surface area contributed by atoms with Gasteiger partial charge in [-0.1, -0.05) is 23.2 Å². The first kappa shape index (κ1) is 10.1. The highest BCUT2D eigenvalue weighted by atomic mass is 35.7. The smallest absolute Gasteiger partial charge is 0.224 e. The zero-order chi connectivity index (χ0) is 9.35. The molecule has 7 heteroatoms. The summed E-state index contributed by atoms with van der Waals surface area (Å²) >= 11 is 10.9. The Labute approximate surface area is 83.7 Å². The van der Waals surface area contributed by atoms with E-state index >= 15 is 0 Å². The molecule has 12 heavy (non-hydrogen) atoms. The molecule has 1 aromatic heterocycles. The van der Waals surface area contributed by atoms with E-state index in [4.69, 9.17) is 33.9 Å². The van der Waals surface area contributed by atoms with Gasteiger partial charge >= 0.3 is 0 Å². The Morgan fingerprint density at radius 1 is 1.17 bits per heavy atom. The van der Waals surface area contributed by atoms with E-state index in [2.05, 4.69) is 4.98 Å². The topological polar surface area (TPSA) is 47.0 Å². The molecule has 0 fully saturated rings. The van der Waals surface area contributed by atoms with Gasteiger partial charge in [-0.15, -0.1) is 0 Å².